The van der Waals surface area contributed by atoms with Crippen LogP contribution in [0.2, 0.25) is 0 Å². The quantitative estimate of drug-likeness (QED) is 0.306. The second-order valence-corrected chi connectivity index (χ2v) is 12.5. The maximum atomic E-state index is 10.6. The van der Waals surface area contributed by atoms with Crippen LogP contribution in [0.5, 0.6) is 0 Å². The van der Waals surface area contributed by atoms with Crippen molar-refractivity contribution in [1.29, 1.82) is 0 Å². The second-order valence-electron chi connectivity index (χ2n) is 9.17. The van der Waals surface area contributed by atoms with Crippen LogP contribution in [0.25, 0.3) is 0 Å². The van der Waals surface area contributed by atoms with E-state index in [9.17, 15) is 4.79 Å². The predicted octanol–water partition coefficient (Wildman–Crippen LogP) is 6.13. The maximum Gasteiger partial charge on any atom is 0.185 e. The third-order valence-electron chi connectivity index (χ3n) is 6.14. The molecule has 0 saturated heterocycles. The van der Waals surface area contributed by atoms with Crippen molar-refractivity contribution >= 4 is 62.9 Å². The van der Waals surface area contributed by atoms with E-state index in [0.717, 1.165) is 21.3 Å². The van der Waals surface area contributed by atoms with Crippen molar-refractivity contribution in [2.75, 3.05) is 23.0 Å². The molecule has 0 bridgehead atoms. The molecule has 2 saturated carbocycles. The third-order valence-corrected chi connectivity index (χ3v) is 9.51. The van der Waals surface area contributed by atoms with Crippen molar-refractivity contribution in [3.63, 3.8) is 0 Å². The van der Waals surface area contributed by atoms with Crippen LogP contribution in [-0.4, -0.2) is 36.2 Å². The molecule has 2 aromatic rings. The van der Waals surface area contributed by atoms with Crippen molar-refractivity contribution in [2.24, 2.45) is 25.9 Å². The normalized spacial score (nSPS) is 16.8. The highest BCUT2D eigenvalue weighted by Crippen LogP contribution is 2.30. The van der Waals surface area contributed by atoms with Gasteiger partial charge in [0.1, 0.15) is 15.3 Å². The molecule has 0 atom stereocenters. The van der Waals surface area contributed by atoms with E-state index in [4.69, 9.17) is 11.5 Å². The molecule has 34 heavy (non-hydrogen) atoms. The van der Waals surface area contributed by atoms with Gasteiger partial charge in [0.05, 0.1) is 5.03 Å². The van der Waals surface area contributed by atoms with Crippen LogP contribution in [0, 0.1) is 15.5 Å². The molecule has 2 fully saturated rings. The summed E-state index contributed by atoms with van der Waals surface area (Å²) in [5, 5.41) is 9.51. The Morgan fingerprint density at radius 1 is 0.912 bits per heavy atom. The Hall–Kier alpha value is -0.880. The minimum Gasteiger partial charge on any atom is -0.382 e. The average Bonchev–Trinajstić information content (AvgIpc) is 3.30. The largest absolute Gasteiger partial charge is 0.382 e. The first-order chi connectivity index (χ1) is 16.2. The van der Waals surface area contributed by atoms with Crippen molar-refractivity contribution in [1.82, 2.24) is 19.6 Å². The number of nitrogens with zero attached hydrogens (tertiary/aromatic N) is 4. The number of aryl methyl sites for hydroxylation is 2. The van der Waals surface area contributed by atoms with E-state index < -0.39 is 0 Å². The van der Waals surface area contributed by atoms with Crippen LogP contribution < -0.4 is 11.5 Å². The van der Waals surface area contributed by atoms with Crippen molar-refractivity contribution in [2.45, 2.75) is 76.2 Å². The van der Waals surface area contributed by atoms with Gasteiger partial charge in [-0.2, -0.15) is 10.2 Å². The van der Waals surface area contributed by atoms with Gasteiger partial charge in [-0.15, -0.1) is 11.8 Å². The first-order valence-electron chi connectivity index (χ1n) is 12.2. The molecule has 2 aliphatic rings. The van der Waals surface area contributed by atoms with Crippen LogP contribution in [0.3, 0.4) is 0 Å². The third kappa shape index (κ3) is 11.7. The molecule has 2 aromatic heterocycles. The number of hydrogen-bond acceptors (Lipinski definition) is 7. The van der Waals surface area contributed by atoms with Gasteiger partial charge in [-0.25, -0.2) is 0 Å². The number of aromatic nitrogens is 4. The van der Waals surface area contributed by atoms with E-state index in [1.807, 2.05) is 42.7 Å². The van der Waals surface area contributed by atoms with Gasteiger partial charge in [0.25, 0.3) is 0 Å². The van der Waals surface area contributed by atoms with Gasteiger partial charge in [-0.3, -0.25) is 14.2 Å². The lowest BCUT2D eigenvalue weighted by Crippen LogP contribution is -2.09. The number of hydrogen-bond donors (Lipinski definition) is 2. The summed E-state index contributed by atoms with van der Waals surface area (Å²) in [5.74, 6) is 5.23. The fourth-order valence-corrected chi connectivity index (χ4v) is 6.62. The van der Waals surface area contributed by atoms with E-state index in [2.05, 4.69) is 32.8 Å². The zero-order valence-corrected chi connectivity index (χ0v) is 24.6. The standard InChI is InChI=1S/C11H19N3S.C9H16OS.C4H6IN3/c1-14-11(7-10(12)13-14)15-8-9-5-3-2-4-6-9;1-8(10)11-7-9-5-3-2-4-6-9;1-8-3(5)2-4(6)7-8/h7,9H,2-6,8H2,1H3,(H2,12,13);9H,2-7H2,1H3;2H,1H3,(H2,6,7). The number of nitrogens with two attached hydrogens (primary N) is 2. The van der Waals surface area contributed by atoms with E-state index >= 15 is 0 Å². The fourth-order valence-electron chi connectivity index (χ4n) is 4.22. The summed E-state index contributed by atoms with van der Waals surface area (Å²) in [6.45, 7) is 1.66. The molecule has 10 heteroatoms. The molecule has 0 amide bonds. The van der Waals surface area contributed by atoms with E-state index in [1.165, 1.54) is 86.7 Å². The summed E-state index contributed by atoms with van der Waals surface area (Å²) in [6, 6.07) is 3.79. The van der Waals surface area contributed by atoms with Crippen LogP contribution >= 0.6 is 46.1 Å². The van der Waals surface area contributed by atoms with Gasteiger partial charge in [-0.05, 0) is 60.1 Å². The number of carbonyl (C=O) groups excluding carboxylic acids is 1. The minimum atomic E-state index is 0.274. The Balaban J connectivity index is 0.000000190. The first kappa shape index (κ1) is 29.4. The molecular weight excluding hydrogens is 579 g/mol. The smallest absolute Gasteiger partial charge is 0.185 e. The van der Waals surface area contributed by atoms with E-state index in [-0.39, 0.29) is 5.12 Å². The lowest BCUT2D eigenvalue weighted by Gasteiger charge is -2.20. The molecule has 0 spiro atoms. The number of nitrogen functional groups attached to an aromatic ring is 2. The van der Waals surface area contributed by atoms with Gasteiger partial charge in [0.2, 0.25) is 0 Å². The zero-order chi connectivity index (χ0) is 24.9. The molecule has 0 aliphatic heterocycles. The lowest BCUT2D eigenvalue weighted by atomic mass is 9.91. The van der Waals surface area contributed by atoms with E-state index in [0.29, 0.717) is 11.6 Å². The molecule has 4 N–H and O–H groups in total. The topological polar surface area (TPSA) is 105 Å². The number of carbonyl (C=O) groups is 1. The molecule has 192 valence electrons. The monoisotopic (exact) mass is 620 g/mol. The van der Waals surface area contributed by atoms with Crippen molar-refractivity contribution in [3.8, 4) is 0 Å². The van der Waals surface area contributed by atoms with Crippen molar-refractivity contribution < 1.29 is 4.79 Å². The summed E-state index contributed by atoms with van der Waals surface area (Å²) in [4.78, 5) is 10.6. The minimum absolute atomic E-state index is 0.274. The number of thioether (sulfide) groups is 2. The predicted molar refractivity (Wildman–Crippen MR) is 155 cm³/mol. The Kier molecular flexibility index (Phi) is 13.8. The molecule has 0 radical (unpaired) electrons. The van der Waals surface area contributed by atoms with Gasteiger partial charge in [-0.1, -0.05) is 50.3 Å². The molecule has 4 rings (SSSR count). The average molecular weight is 621 g/mol. The summed E-state index contributed by atoms with van der Waals surface area (Å²) in [5.41, 5.74) is 11.0. The SMILES string of the molecule is CC(=O)SCC1CCCCC1.Cn1nc(N)cc1I.Cn1nc(N)cc1SCC1CCCCC1. The van der Waals surface area contributed by atoms with Crippen LogP contribution in [0.4, 0.5) is 11.6 Å². The van der Waals surface area contributed by atoms with E-state index in [1.54, 1.807) is 11.6 Å². The fraction of sp³-hybridized carbons (Fsp3) is 0.708. The number of rotatable bonds is 5. The molecule has 0 unspecified atom stereocenters. The molecule has 7 nitrogen and oxygen atoms in total. The van der Waals surface area contributed by atoms with Gasteiger partial charge in [0.15, 0.2) is 5.12 Å². The first-order valence-corrected chi connectivity index (χ1v) is 15.3. The Morgan fingerprint density at radius 2 is 1.41 bits per heavy atom. The second kappa shape index (κ2) is 16.0. The maximum absolute atomic E-state index is 10.6. The number of anilines is 2. The van der Waals surface area contributed by atoms with Gasteiger partial charge in [0, 0.05) is 44.7 Å². The molecule has 0 aromatic carbocycles. The molecule has 2 aliphatic carbocycles. The van der Waals surface area contributed by atoms with Gasteiger partial charge < -0.3 is 11.5 Å². The summed E-state index contributed by atoms with van der Waals surface area (Å²) in [7, 11) is 3.82. The zero-order valence-electron chi connectivity index (χ0n) is 20.8. The number of halogens is 1. The summed E-state index contributed by atoms with van der Waals surface area (Å²) < 4.78 is 4.67. The summed E-state index contributed by atoms with van der Waals surface area (Å²) in [6.07, 6.45) is 13.9. The van der Waals surface area contributed by atoms with Crippen molar-refractivity contribution in [3.05, 3.63) is 15.8 Å². The Bertz CT molecular complexity index is 840. The Morgan fingerprint density at radius 3 is 1.79 bits per heavy atom. The molecule has 2 heterocycles. The molecular formula is C24H41IN6OS2. The van der Waals surface area contributed by atoms with Gasteiger partial charge >= 0.3 is 0 Å². The summed E-state index contributed by atoms with van der Waals surface area (Å²) >= 11 is 5.56. The van der Waals surface area contributed by atoms with Crippen LogP contribution in [0.1, 0.15) is 71.1 Å². The lowest BCUT2D eigenvalue weighted by molar-refractivity contribution is -0.109. The van der Waals surface area contributed by atoms with Crippen LogP contribution in [0.15, 0.2) is 17.2 Å². The highest BCUT2D eigenvalue weighted by Gasteiger charge is 2.15. The van der Waals surface area contributed by atoms with Crippen LogP contribution in [-0.2, 0) is 18.9 Å². The highest BCUT2D eigenvalue weighted by atomic mass is 127. The highest BCUT2D eigenvalue weighted by molar-refractivity contribution is 14.1. The Labute approximate surface area is 227 Å².